The van der Waals surface area contributed by atoms with Gasteiger partial charge in [0.2, 0.25) is 0 Å². The lowest BCUT2D eigenvalue weighted by Crippen LogP contribution is -2.36. The van der Waals surface area contributed by atoms with Crippen LogP contribution in [0.25, 0.3) is 0 Å². The number of piperidine rings is 1. The maximum atomic E-state index is 12.0. The third-order valence-corrected chi connectivity index (χ3v) is 4.03. The standard InChI is InChI=1S/C14H19N5O2/c1-11-6-15-10-19(14(11)20)8-12-2-4-18(5-3-12)9-13-7-16-21-17-13/h6-7,10,12H,2-5,8-9H2,1H3. The van der Waals surface area contributed by atoms with Crippen molar-refractivity contribution >= 4 is 0 Å². The summed E-state index contributed by atoms with van der Waals surface area (Å²) in [6, 6.07) is 0. The summed E-state index contributed by atoms with van der Waals surface area (Å²) in [6.45, 7) is 5.35. The van der Waals surface area contributed by atoms with Crippen LogP contribution in [0.5, 0.6) is 0 Å². The first-order chi connectivity index (χ1) is 10.2. The van der Waals surface area contributed by atoms with E-state index >= 15 is 0 Å². The van der Waals surface area contributed by atoms with Crippen LogP contribution in [0.15, 0.2) is 28.1 Å². The van der Waals surface area contributed by atoms with Gasteiger partial charge in [-0.25, -0.2) is 9.61 Å². The van der Waals surface area contributed by atoms with Gasteiger partial charge in [0.1, 0.15) is 5.69 Å². The fourth-order valence-corrected chi connectivity index (χ4v) is 2.78. The van der Waals surface area contributed by atoms with E-state index in [1.54, 1.807) is 30.2 Å². The molecular weight excluding hydrogens is 270 g/mol. The van der Waals surface area contributed by atoms with Gasteiger partial charge in [0.15, 0.2) is 0 Å². The van der Waals surface area contributed by atoms with Crippen LogP contribution in [-0.2, 0) is 13.1 Å². The molecule has 0 saturated carbocycles. The highest BCUT2D eigenvalue weighted by Crippen LogP contribution is 2.19. The fourth-order valence-electron chi connectivity index (χ4n) is 2.78. The van der Waals surface area contributed by atoms with E-state index in [1.807, 2.05) is 0 Å². The van der Waals surface area contributed by atoms with E-state index < -0.39 is 0 Å². The molecule has 112 valence electrons. The Bertz CT molecular complexity index is 629. The van der Waals surface area contributed by atoms with Gasteiger partial charge >= 0.3 is 0 Å². The van der Waals surface area contributed by atoms with Crippen molar-refractivity contribution in [1.29, 1.82) is 0 Å². The van der Waals surface area contributed by atoms with E-state index in [9.17, 15) is 4.79 Å². The molecule has 0 radical (unpaired) electrons. The lowest BCUT2D eigenvalue weighted by atomic mass is 9.96. The SMILES string of the molecule is Cc1cncn(CC2CCN(Cc3cnon3)CC2)c1=O. The van der Waals surface area contributed by atoms with Gasteiger partial charge in [0.05, 0.1) is 12.5 Å². The highest BCUT2D eigenvalue weighted by atomic mass is 16.6. The summed E-state index contributed by atoms with van der Waals surface area (Å²) in [5.41, 5.74) is 1.64. The van der Waals surface area contributed by atoms with Gasteiger partial charge in [-0.05, 0) is 38.8 Å². The summed E-state index contributed by atoms with van der Waals surface area (Å²) in [6.07, 6.45) is 7.07. The van der Waals surface area contributed by atoms with Gasteiger partial charge in [-0.1, -0.05) is 10.3 Å². The maximum absolute atomic E-state index is 12.0. The molecule has 0 aliphatic carbocycles. The molecule has 7 nitrogen and oxygen atoms in total. The molecule has 21 heavy (non-hydrogen) atoms. The Kier molecular flexibility index (Phi) is 4.10. The van der Waals surface area contributed by atoms with Crippen molar-refractivity contribution < 1.29 is 4.63 Å². The van der Waals surface area contributed by atoms with Crippen molar-refractivity contribution in [3.8, 4) is 0 Å². The van der Waals surface area contributed by atoms with Crippen molar-refractivity contribution in [1.82, 2.24) is 24.8 Å². The van der Waals surface area contributed by atoms with Crippen LogP contribution in [0.3, 0.4) is 0 Å². The van der Waals surface area contributed by atoms with Crippen LogP contribution in [0.1, 0.15) is 24.1 Å². The second-order valence-corrected chi connectivity index (χ2v) is 5.65. The molecule has 3 heterocycles. The van der Waals surface area contributed by atoms with Crippen LogP contribution in [0.4, 0.5) is 0 Å². The molecule has 0 atom stereocenters. The van der Waals surface area contributed by atoms with Gasteiger partial charge < -0.3 is 0 Å². The van der Waals surface area contributed by atoms with Crippen molar-refractivity contribution in [2.24, 2.45) is 5.92 Å². The molecule has 2 aromatic heterocycles. The molecule has 1 fully saturated rings. The summed E-state index contributed by atoms with van der Waals surface area (Å²) in [7, 11) is 0. The number of likely N-dealkylation sites (tertiary alicyclic amines) is 1. The van der Waals surface area contributed by atoms with E-state index in [2.05, 4.69) is 24.8 Å². The summed E-state index contributed by atoms with van der Waals surface area (Å²) in [5, 5.41) is 7.46. The Hall–Kier alpha value is -2.02. The van der Waals surface area contributed by atoms with Gasteiger partial charge in [-0.2, -0.15) is 0 Å². The van der Waals surface area contributed by atoms with Gasteiger partial charge in [0.25, 0.3) is 5.56 Å². The van der Waals surface area contributed by atoms with Gasteiger partial charge in [0, 0.05) is 24.8 Å². The number of aromatic nitrogens is 4. The fraction of sp³-hybridized carbons (Fsp3) is 0.571. The molecule has 2 aromatic rings. The van der Waals surface area contributed by atoms with Crippen molar-refractivity contribution in [3.05, 3.63) is 40.3 Å². The molecule has 0 spiro atoms. The lowest BCUT2D eigenvalue weighted by Gasteiger charge is -2.31. The van der Waals surface area contributed by atoms with Crippen LogP contribution in [0, 0.1) is 12.8 Å². The zero-order valence-electron chi connectivity index (χ0n) is 12.1. The van der Waals surface area contributed by atoms with Gasteiger partial charge in [-0.3, -0.25) is 14.3 Å². The summed E-state index contributed by atoms with van der Waals surface area (Å²) < 4.78 is 6.34. The molecule has 7 heteroatoms. The Morgan fingerprint density at radius 2 is 2.14 bits per heavy atom. The minimum atomic E-state index is 0.0705. The number of hydrogen-bond acceptors (Lipinski definition) is 6. The number of hydrogen-bond donors (Lipinski definition) is 0. The Balaban J connectivity index is 1.54. The third-order valence-electron chi connectivity index (χ3n) is 4.03. The largest absolute Gasteiger partial charge is 0.299 e. The van der Waals surface area contributed by atoms with E-state index in [0.717, 1.165) is 44.7 Å². The summed E-state index contributed by atoms with van der Waals surface area (Å²) in [4.78, 5) is 18.4. The quantitative estimate of drug-likeness (QED) is 0.830. The topological polar surface area (TPSA) is 77.1 Å². The predicted octanol–water partition coefficient (Wildman–Crippen LogP) is 0.847. The highest BCUT2D eigenvalue weighted by Gasteiger charge is 2.20. The number of rotatable bonds is 4. The molecule has 0 N–H and O–H groups in total. The van der Waals surface area contributed by atoms with Crippen LogP contribution >= 0.6 is 0 Å². The summed E-state index contributed by atoms with van der Waals surface area (Å²) >= 11 is 0. The first kappa shape index (κ1) is 13.9. The maximum Gasteiger partial charge on any atom is 0.256 e. The minimum Gasteiger partial charge on any atom is -0.299 e. The monoisotopic (exact) mass is 289 g/mol. The third kappa shape index (κ3) is 3.36. The molecule has 3 rings (SSSR count). The zero-order valence-corrected chi connectivity index (χ0v) is 12.1. The molecule has 0 unspecified atom stereocenters. The van der Waals surface area contributed by atoms with Gasteiger partial charge in [-0.15, -0.1) is 0 Å². The second kappa shape index (κ2) is 6.17. The predicted molar refractivity (Wildman–Crippen MR) is 75.5 cm³/mol. The molecule has 0 bridgehead atoms. The molecule has 1 aliphatic heterocycles. The Morgan fingerprint density at radius 3 is 2.86 bits per heavy atom. The van der Waals surface area contributed by atoms with Crippen molar-refractivity contribution in [2.45, 2.75) is 32.9 Å². The average molecular weight is 289 g/mol. The first-order valence-electron chi connectivity index (χ1n) is 7.22. The van der Waals surface area contributed by atoms with E-state index in [1.165, 1.54) is 0 Å². The van der Waals surface area contributed by atoms with Crippen LogP contribution in [-0.4, -0.2) is 37.9 Å². The second-order valence-electron chi connectivity index (χ2n) is 5.65. The first-order valence-corrected chi connectivity index (χ1v) is 7.22. The lowest BCUT2D eigenvalue weighted by molar-refractivity contribution is 0.162. The molecule has 0 amide bonds. The molecule has 1 saturated heterocycles. The normalized spacial score (nSPS) is 17.2. The minimum absolute atomic E-state index is 0.0705. The van der Waals surface area contributed by atoms with E-state index in [0.29, 0.717) is 11.5 Å². The van der Waals surface area contributed by atoms with Crippen LogP contribution in [0.2, 0.25) is 0 Å². The van der Waals surface area contributed by atoms with E-state index in [4.69, 9.17) is 0 Å². The molecular formula is C14H19N5O2. The molecule has 0 aromatic carbocycles. The number of aryl methyl sites for hydroxylation is 1. The smallest absolute Gasteiger partial charge is 0.256 e. The highest BCUT2D eigenvalue weighted by molar-refractivity contribution is 5.00. The zero-order chi connectivity index (χ0) is 14.7. The van der Waals surface area contributed by atoms with E-state index in [-0.39, 0.29) is 5.56 Å². The Morgan fingerprint density at radius 1 is 1.33 bits per heavy atom. The summed E-state index contributed by atoms with van der Waals surface area (Å²) in [5.74, 6) is 0.526. The van der Waals surface area contributed by atoms with Crippen molar-refractivity contribution in [3.63, 3.8) is 0 Å². The van der Waals surface area contributed by atoms with Crippen molar-refractivity contribution in [2.75, 3.05) is 13.1 Å². The Labute approximate surface area is 122 Å². The number of nitrogens with zero attached hydrogens (tertiary/aromatic N) is 5. The van der Waals surface area contributed by atoms with Crippen LogP contribution < -0.4 is 5.56 Å². The molecule has 1 aliphatic rings. The average Bonchev–Trinajstić information content (AvgIpc) is 2.99.